The fourth-order valence-corrected chi connectivity index (χ4v) is 1.42. The maximum Gasteiger partial charge on any atom is -0.0183 e. The first kappa shape index (κ1) is 13.3. The third-order valence-electron chi connectivity index (χ3n) is 1.96. The van der Waals surface area contributed by atoms with E-state index in [0.29, 0.717) is 0 Å². The first-order valence-electron chi connectivity index (χ1n) is 4.93. The Bertz CT molecular complexity index is 267. The Morgan fingerprint density at radius 1 is 1.29 bits per heavy atom. The van der Waals surface area contributed by atoms with E-state index in [2.05, 4.69) is 44.9 Å². The van der Waals surface area contributed by atoms with E-state index in [1.807, 2.05) is 13.0 Å². The van der Waals surface area contributed by atoms with Gasteiger partial charge in [0.2, 0.25) is 0 Å². The lowest BCUT2D eigenvalue weighted by atomic mass is 10.1. The molecule has 0 aromatic rings. The van der Waals surface area contributed by atoms with Crippen molar-refractivity contribution in [2.24, 2.45) is 0 Å². The average Bonchev–Trinajstić information content (AvgIpc) is 2.21. The zero-order valence-electron chi connectivity index (χ0n) is 9.63. The molecule has 0 rings (SSSR count). The highest BCUT2D eigenvalue weighted by Gasteiger charge is 1.92. The van der Waals surface area contributed by atoms with Crippen molar-refractivity contribution in [2.45, 2.75) is 34.1 Å². The molecule has 0 amide bonds. The molecule has 0 nitrogen and oxygen atoms in total. The van der Waals surface area contributed by atoms with E-state index in [4.69, 9.17) is 0 Å². The number of hydrogen-bond acceptors (Lipinski definition) is 1. The van der Waals surface area contributed by atoms with Crippen LogP contribution in [0.15, 0.2) is 46.3 Å². The fourth-order valence-electron chi connectivity index (χ4n) is 0.720. The summed E-state index contributed by atoms with van der Waals surface area (Å²) in [7, 11) is 0. The second-order valence-corrected chi connectivity index (χ2v) is 4.24. The number of thioether (sulfide) groups is 1. The van der Waals surface area contributed by atoms with Crippen molar-refractivity contribution in [1.29, 1.82) is 0 Å². The van der Waals surface area contributed by atoms with E-state index in [-0.39, 0.29) is 0 Å². The van der Waals surface area contributed by atoms with Crippen LogP contribution in [-0.2, 0) is 0 Å². The van der Waals surface area contributed by atoms with Crippen LogP contribution in [0, 0.1) is 0 Å². The molecule has 0 spiro atoms. The standard InChI is InChI=1S/C13H20S/c1-6-8-9-11(3)12(4)10-14-13(5)7-2/h6,8-10H,5,7H2,1-4H3/b8-6-,11-9+,12-10+. The van der Waals surface area contributed by atoms with Gasteiger partial charge in [-0.2, -0.15) is 0 Å². The van der Waals surface area contributed by atoms with Crippen molar-refractivity contribution in [3.63, 3.8) is 0 Å². The quantitative estimate of drug-likeness (QED) is 0.568. The first-order chi connectivity index (χ1) is 6.61. The van der Waals surface area contributed by atoms with Gasteiger partial charge < -0.3 is 0 Å². The highest BCUT2D eigenvalue weighted by Crippen LogP contribution is 2.22. The summed E-state index contributed by atoms with van der Waals surface area (Å²) in [5.41, 5.74) is 2.61. The minimum atomic E-state index is 1.03. The number of hydrogen-bond donors (Lipinski definition) is 0. The second-order valence-electron chi connectivity index (χ2n) is 3.19. The molecule has 0 aliphatic rings. The molecule has 0 aromatic heterocycles. The van der Waals surface area contributed by atoms with Gasteiger partial charge in [-0.25, -0.2) is 0 Å². The fraction of sp³-hybridized carbons (Fsp3) is 0.385. The van der Waals surface area contributed by atoms with Gasteiger partial charge in [-0.15, -0.1) is 11.8 Å². The summed E-state index contributed by atoms with van der Waals surface area (Å²) in [4.78, 5) is 1.21. The third kappa shape index (κ3) is 5.87. The third-order valence-corrected chi connectivity index (χ3v) is 3.05. The van der Waals surface area contributed by atoms with Crippen LogP contribution in [0.1, 0.15) is 34.1 Å². The molecular formula is C13H20S. The van der Waals surface area contributed by atoms with Crippen molar-refractivity contribution >= 4 is 11.8 Å². The Kier molecular flexibility index (Phi) is 7.31. The summed E-state index contributed by atoms with van der Waals surface area (Å²) in [5.74, 6) is 0. The Balaban J connectivity index is 4.30. The van der Waals surface area contributed by atoms with E-state index in [1.165, 1.54) is 16.1 Å². The van der Waals surface area contributed by atoms with Crippen LogP contribution in [0.5, 0.6) is 0 Å². The molecule has 78 valence electrons. The largest absolute Gasteiger partial charge is 0.103 e. The molecule has 0 N–H and O–H groups in total. The molecule has 0 unspecified atom stereocenters. The Hall–Kier alpha value is -0.690. The highest BCUT2D eigenvalue weighted by molar-refractivity contribution is 8.05. The van der Waals surface area contributed by atoms with Crippen LogP contribution in [0.4, 0.5) is 0 Å². The van der Waals surface area contributed by atoms with Gasteiger partial charge >= 0.3 is 0 Å². The van der Waals surface area contributed by atoms with Crippen molar-refractivity contribution in [3.8, 4) is 0 Å². The van der Waals surface area contributed by atoms with Crippen LogP contribution in [0.2, 0.25) is 0 Å². The topological polar surface area (TPSA) is 0 Å². The van der Waals surface area contributed by atoms with Crippen LogP contribution in [-0.4, -0.2) is 0 Å². The molecule has 0 fully saturated rings. The summed E-state index contributed by atoms with van der Waals surface area (Å²) in [5, 5.41) is 2.17. The Labute approximate surface area is 92.5 Å². The lowest BCUT2D eigenvalue weighted by molar-refractivity contribution is 1.21. The Morgan fingerprint density at radius 3 is 2.43 bits per heavy atom. The smallest absolute Gasteiger partial charge is 0.0183 e. The predicted molar refractivity (Wildman–Crippen MR) is 69.4 cm³/mol. The van der Waals surface area contributed by atoms with Gasteiger partial charge in [0.15, 0.2) is 0 Å². The summed E-state index contributed by atoms with van der Waals surface area (Å²) in [6, 6.07) is 0. The maximum atomic E-state index is 3.95. The molecule has 0 atom stereocenters. The molecule has 0 bridgehead atoms. The van der Waals surface area contributed by atoms with Gasteiger partial charge in [0, 0.05) is 0 Å². The first-order valence-corrected chi connectivity index (χ1v) is 5.81. The zero-order chi connectivity index (χ0) is 11.0. The number of rotatable bonds is 5. The van der Waals surface area contributed by atoms with E-state index in [0.717, 1.165) is 6.42 Å². The van der Waals surface area contributed by atoms with Crippen molar-refractivity contribution in [1.82, 2.24) is 0 Å². The molecule has 1 heteroatoms. The minimum Gasteiger partial charge on any atom is -0.103 e. The van der Waals surface area contributed by atoms with Crippen molar-refractivity contribution in [2.75, 3.05) is 0 Å². The van der Waals surface area contributed by atoms with Crippen LogP contribution < -0.4 is 0 Å². The molecule has 14 heavy (non-hydrogen) atoms. The number of allylic oxidation sites excluding steroid dienone is 6. The monoisotopic (exact) mass is 208 g/mol. The average molecular weight is 208 g/mol. The summed E-state index contributed by atoms with van der Waals surface area (Å²) in [6.45, 7) is 12.4. The Morgan fingerprint density at radius 2 is 1.93 bits per heavy atom. The van der Waals surface area contributed by atoms with Crippen molar-refractivity contribution < 1.29 is 0 Å². The lowest BCUT2D eigenvalue weighted by Crippen LogP contribution is -1.77. The molecule has 0 heterocycles. The summed E-state index contributed by atoms with van der Waals surface area (Å²) in [6.07, 6.45) is 7.26. The van der Waals surface area contributed by atoms with E-state index < -0.39 is 0 Å². The molecule has 0 saturated carbocycles. The van der Waals surface area contributed by atoms with E-state index in [9.17, 15) is 0 Å². The predicted octanol–water partition coefficient (Wildman–Crippen LogP) is 5.07. The molecule has 0 saturated heterocycles. The minimum absolute atomic E-state index is 1.03. The maximum absolute atomic E-state index is 3.95. The van der Waals surface area contributed by atoms with Crippen LogP contribution >= 0.6 is 11.8 Å². The van der Waals surface area contributed by atoms with Crippen molar-refractivity contribution in [3.05, 3.63) is 46.3 Å². The molecular weight excluding hydrogens is 188 g/mol. The van der Waals surface area contributed by atoms with Gasteiger partial charge in [0.05, 0.1) is 0 Å². The van der Waals surface area contributed by atoms with Crippen LogP contribution in [0.25, 0.3) is 0 Å². The van der Waals surface area contributed by atoms with E-state index >= 15 is 0 Å². The summed E-state index contributed by atoms with van der Waals surface area (Å²) >= 11 is 1.72. The van der Waals surface area contributed by atoms with Crippen LogP contribution in [0.3, 0.4) is 0 Å². The molecule has 0 aromatic carbocycles. The van der Waals surface area contributed by atoms with Gasteiger partial charge in [0.1, 0.15) is 0 Å². The van der Waals surface area contributed by atoms with E-state index in [1.54, 1.807) is 11.8 Å². The molecule has 0 radical (unpaired) electrons. The zero-order valence-corrected chi connectivity index (χ0v) is 10.4. The second kappa shape index (κ2) is 7.69. The van der Waals surface area contributed by atoms with Gasteiger partial charge in [0.25, 0.3) is 0 Å². The van der Waals surface area contributed by atoms with Gasteiger partial charge in [-0.3, -0.25) is 0 Å². The van der Waals surface area contributed by atoms with Gasteiger partial charge in [-0.1, -0.05) is 31.7 Å². The normalized spacial score (nSPS) is 13.7. The van der Waals surface area contributed by atoms with Gasteiger partial charge in [-0.05, 0) is 48.7 Å². The molecule has 0 aliphatic carbocycles. The molecule has 0 aliphatic heterocycles. The highest BCUT2D eigenvalue weighted by atomic mass is 32.2. The SMILES string of the molecule is C=C(CC)S/C=C(C)/C(C)=C/C=C\C. The lowest BCUT2D eigenvalue weighted by Gasteiger charge is -2.01. The summed E-state index contributed by atoms with van der Waals surface area (Å²) < 4.78 is 0.